The number of hydrogen-bond acceptors (Lipinski definition) is 8. The van der Waals surface area contributed by atoms with E-state index in [9.17, 15) is 29.6 Å². The van der Waals surface area contributed by atoms with E-state index in [0.717, 1.165) is 14.5 Å². The molecule has 0 atom stereocenters. The molecule has 12 heteroatoms. The van der Waals surface area contributed by atoms with Crippen molar-refractivity contribution in [2.24, 2.45) is 0 Å². The summed E-state index contributed by atoms with van der Waals surface area (Å²) in [5.41, 5.74) is 0.114. The summed E-state index contributed by atoms with van der Waals surface area (Å²) in [5.74, 6) is -2.00. The fourth-order valence-corrected chi connectivity index (χ4v) is 3.96. The maximum absolute atomic E-state index is 12.7. The highest BCUT2D eigenvalue weighted by atomic mass is 127. The molecule has 2 aromatic rings. The highest BCUT2D eigenvalue weighted by molar-refractivity contribution is 14.1. The van der Waals surface area contributed by atoms with Crippen LogP contribution in [0, 0.1) is 13.7 Å². The van der Waals surface area contributed by atoms with Crippen molar-refractivity contribution in [3.05, 3.63) is 60.6 Å². The summed E-state index contributed by atoms with van der Waals surface area (Å²) < 4.78 is 6.20. The second-order valence-corrected chi connectivity index (χ2v) is 8.64. The molecule has 166 valence electrons. The Morgan fingerprint density at radius 2 is 2.00 bits per heavy atom. The lowest BCUT2D eigenvalue weighted by Crippen LogP contribution is -2.36. The van der Waals surface area contributed by atoms with E-state index in [0.29, 0.717) is 17.4 Å². The summed E-state index contributed by atoms with van der Waals surface area (Å²) in [6.07, 6.45) is 1.27. The third-order valence-corrected chi connectivity index (χ3v) is 5.80. The number of nitro groups is 1. The van der Waals surface area contributed by atoms with Gasteiger partial charge in [0.25, 0.3) is 11.1 Å². The van der Waals surface area contributed by atoms with Crippen molar-refractivity contribution in [2.45, 2.75) is 6.92 Å². The second-order valence-electron chi connectivity index (χ2n) is 6.40. The van der Waals surface area contributed by atoms with Gasteiger partial charge < -0.3 is 15.2 Å². The largest absolute Gasteiger partial charge is 0.500 e. The maximum atomic E-state index is 12.7. The molecule has 32 heavy (non-hydrogen) atoms. The van der Waals surface area contributed by atoms with Crippen molar-refractivity contribution in [1.29, 1.82) is 0 Å². The monoisotopic (exact) mass is 569 g/mol. The maximum Gasteiger partial charge on any atom is 0.315 e. The number of ether oxygens (including phenoxy) is 1. The van der Waals surface area contributed by atoms with Gasteiger partial charge in [-0.25, -0.2) is 0 Å². The Hall–Kier alpha value is -3.13. The fourth-order valence-electron chi connectivity index (χ4n) is 2.77. The highest BCUT2D eigenvalue weighted by Gasteiger charge is 2.36. The molecular formula is C20H16IN3O7S. The first kappa shape index (κ1) is 23.5. The van der Waals surface area contributed by atoms with Crippen molar-refractivity contribution in [3.8, 4) is 11.5 Å². The Bertz CT molecular complexity index is 1130. The van der Waals surface area contributed by atoms with Crippen LogP contribution in [-0.2, 0) is 9.59 Å². The zero-order valence-electron chi connectivity index (χ0n) is 16.5. The molecular weight excluding hydrogens is 553 g/mol. The van der Waals surface area contributed by atoms with Crippen LogP contribution in [0.2, 0.25) is 0 Å². The van der Waals surface area contributed by atoms with Crippen LogP contribution in [-0.4, -0.2) is 45.1 Å². The minimum absolute atomic E-state index is 0.0144. The predicted molar refractivity (Wildman–Crippen MR) is 126 cm³/mol. The molecule has 3 rings (SSSR count). The zero-order valence-corrected chi connectivity index (χ0v) is 19.5. The molecule has 1 fully saturated rings. The number of rotatable bonds is 7. The summed E-state index contributed by atoms with van der Waals surface area (Å²) in [7, 11) is 0. The number of phenolic OH excluding ortho intramolecular Hbond substituents is 1. The van der Waals surface area contributed by atoms with Crippen molar-refractivity contribution >= 4 is 68.9 Å². The van der Waals surface area contributed by atoms with Crippen LogP contribution in [0.4, 0.5) is 16.2 Å². The number of phenols is 1. The van der Waals surface area contributed by atoms with Gasteiger partial charge in [-0.3, -0.25) is 29.4 Å². The predicted octanol–water partition coefficient (Wildman–Crippen LogP) is 3.98. The lowest BCUT2D eigenvalue weighted by atomic mass is 10.1. The van der Waals surface area contributed by atoms with Crippen LogP contribution in [0.1, 0.15) is 12.5 Å². The standard InChI is InChI=1S/C20H16IN3O7S/c1-2-31-15-8-11(7-14(18(15)26)24(29)30)9-16-19(27)23(20(28)32-16)10-17(25)22-13-5-3-12(21)4-6-13/h3-9,26H,2,10H2,1H3,(H,22,25)/b16-9-. The molecule has 0 aliphatic carbocycles. The number of nitro benzene ring substituents is 1. The normalized spacial score (nSPS) is 14.7. The molecule has 0 aromatic heterocycles. The molecule has 1 saturated heterocycles. The molecule has 0 unspecified atom stereocenters. The number of thioether (sulfide) groups is 1. The van der Waals surface area contributed by atoms with E-state index in [-0.39, 0.29) is 22.8 Å². The van der Waals surface area contributed by atoms with Crippen molar-refractivity contribution < 1.29 is 29.2 Å². The molecule has 1 heterocycles. The lowest BCUT2D eigenvalue weighted by Gasteiger charge is -2.12. The quantitative estimate of drug-likeness (QED) is 0.221. The number of halogens is 1. The number of anilines is 1. The molecule has 0 saturated carbocycles. The number of nitrogens with zero attached hydrogens (tertiary/aromatic N) is 2. The number of amides is 3. The van der Waals surface area contributed by atoms with E-state index >= 15 is 0 Å². The van der Waals surface area contributed by atoms with Gasteiger partial charge >= 0.3 is 5.69 Å². The molecule has 1 aliphatic rings. The van der Waals surface area contributed by atoms with Crippen LogP contribution < -0.4 is 10.1 Å². The molecule has 0 bridgehead atoms. The topological polar surface area (TPSA) is 139 Å². The van der Waals surface area contributed by atoms with Gasteiger partial charge in [0, 0.05) is 15.3 Å². The third kappa shape index (κ3) is 5.37. The minimum atomic E-state index is -0.782. The van der Waals surface area contributed by atoms with Gasteiger partial charge in [-0.15, -0.1) is 0 Å². The molecule has 0 radical (unpaired) electrons. The van der Waals surface area contributed by atoms with Gasteiger partial charge in [0.1, 0.15) is 6.54 Å². The third-order valence-electron chi connectivity index (χ3n) is 4.17. The first-order chi connectivity index (χ1) is 15.2. The Kier molecular flexibility index (Phi) is 7.35. The van der Waals surface area contributed by atoms with Crippen LogP contribution in [0.15, 0.2) is 41.3 Å². The Morgan fingerprint density at radius 3 is 2.62 bits per heavy atom. The average molecular weight is 569 g/mol. The number of carbonyl (C=O) groups is 3. The van der Waals surface area contributed by atoms with Crippen molar-refractivity contribution in [1.82, 2.24) is 4.90 Å². The van der Waals surface area contributed by atoms with Crippen molar-refractivity contribution in [3.63, 3.8) is 0 Å². The summed E-state index contributed by atoms with van der Waals surface area (Å²) in [5, 5.41) is 23.2. The smallest absolute Gasteiger partial charge is 0.315 e. The molecule has 3 amide bonds. The van der Waals surface area contributed by atoms with Crippen LogP contribution in [0.25, 0.3) is 6.08 Å². The van der Waals surface area contributed by atoms with Gasteiger partial charge in [0.2, 0.25) is 11.7 Å². The number of carbonyl (C=O) groups excluding carboxylic acids is 3. The van der Waals surface area contributed by atoms with Crippen LogP contribution >= 0.6 is 34.4 Å². The van der Waals surface area contributed by atoms with Gasteiger partial charge in [-0.2, -0.15) is 0 Å². The van der Waals surface area contributed by atoms with E-state index in [2.05, 4.69) is 27.9 Å². The van der Waals surface area contributed by atoms with E-state index < -0.39 is 40.0 Å². The Balaban J connectivity index is 1.79. The number of hydrogen-bond donors (Lipinski definition) is 2. The van der Waals surface area contributed by atoms with E-state index in [1.54, 1.807) is 31.2 Å². The SMILES string of the molecule is CCOc1cc(/C=C2\SC(=O)N(CC(=O)Nc3ccc(I)cc3)C2=O)cc([N+](=O)[O-])c1O. The van der Waals surface area contributed by atoms with Gasteiger partial charge in [0.05, 0.1) is 16.4 Å². The number of aromatic hydroxyl groups is 1. The average Bonchev–Trinajstić information content (AvgIpc) is 2.99. The van der Waals surface area contributed by atoms with E-state index in [4.69, 9.17) is 4.74 Å². The van der Waals surface area contributed by atoms with Crippen LogP contribution in [0.5, 0.6) is 11.5 Å². The number of benzene rings is 2. The molecule has 0 spiro atoms. The number of nitrogens with one attached hydrogen (secondary N) is 1. The summed E-state index contributed by atoms with van der Waals surface area (Å²) in [6, 6.07) is 9.37. The summed E-state index contributed by atoms with van der Waals surface area (Å²) in [6.45, 7) is 1.32. The van der Waals surface area contributed by atoms with E-state index in [1.165, 1.54) is 12.1 Å². The molecule has 10 nitrogen and oxygen atoms in total. The fraction of sp³-hybridized carbons (Fsp3) is 0.150. The molecule has 2 N–H and O–H groups in total. The summed E-state index contributed by atoms with van der Waals surface area (Å²) in [4.78, 5) is 48.4. The lowest BCUT2D eigenvalue weighted by molar-refractivity contribution is -0.386. The summed E-state index contributed by atoms with van der Waals surface area (Å²) >= 11 is 2.73. The second kappa shape index (κ2) is 9.99. The Labute approximate surface area is 199 Å². The highest BCUT2D eigenvalue weighted by Crippen LogP contribution is 2.39. The van der Waals surface area contributed by atoms with E-state index in [1.807, 2.05) is 0 Å². The minimum Gasteiger partial charge on any atom is -0.500 e. The van der Waals surface area contributed by atoms with Crippen molar-refractivity contribution in [2.75, 3.05) is 18.5 Å². The van der Waals surface area contributed by atoms with Crippen LogP contribution in [0.3, 0.4) is 0 Å². The first-order valence-corrected chi connectivity index (χ1v) is 11.0. The van der Waals surface area contributed by atoms with Gasteiger partial charge in [-0.05, 0) is 83.2 Å². The number of imide groups is 1. The Morgan fingerprint density at radius 1 is 1.31 bits per heavy atom. The van der Waals surface area contributed by atoms with Gasteiger partial charge in [-0.1, -0.05) is 0 Å². The molecule has 1 aliphatic heterocycles. The zero-order chi connectivity index (χ0) is 23.4. The first-order valence-electron chi connectivity index (χ1n) is 9.14. The molecule has 2 aromatic carbocycles. The van der Waals surface area contributed by atoms with Gasteiger partial charge in [0.15, 0.2) is 5.75 Å².